The van der Waals surface area contributed by atoms with E-state index in [2.05, 4.69) is 4.74 Å². The van der Waals surface area contributed by atoms with E-state index in [9.17, 15) is 9.59 Å². The van der Waals surface area contributed by atoms with E-state index in [1.807, 2.05) is 0 Å². The van der Waals surface area contributed by atoms with E-state index in [1.165, 1.54) is 0 Å². The summed E-state index contributed by atoms with van der Waals surface area (Å²) in [5, 5.41) is 0. The summed E-state index contributed by atoms with van der Waals surface area (Å²) >= 11 is 0. The van der Waals surface area contributed by atoms with Crippen LogP contribution in [-0.4, -0.2) is 25.0 Å². The second-order valence-electron chi connectivity index (χ2n) is 2.07. The molecule has 11 heavy (non-hydrogen) atoms. The van der Waals surface area contributed by atoms with Gasteiger partial charge in [-0.25, -0.2) is 4.79 Å². The zero-order chi connectivity index (χ0) is 8.69. The number of carbonyl (C=O) groups excluding carboxylic acids is 2. The normalized spacial score (nSPS) is 12.2. The molecule has 5 nitrogen and oxygen atoms in total. The summed E-state index contributed by atoms with van der Waals surface area (Å²) < 4.78 is 4.02. The summed E-state index contributed by atoms with van der Waals surface area (Å²) in [5.41, 5.74) is 10.5. The third-order valence-corrected chi connectivity index (χ3v) is 1.19. The lowest BCUT2D eigenvalue weighted by atomic mass is 10.2. The number of ether oxygens (including phenoxy) is 1. The molecule has 0 rings (SSSR count). The Balaban J connectivity index is 3.54. The summed E-state index contributed by atoms with van der Waals surface area (Å²) in [6.45, 7) is 0.548. The van der Waals surface area contributed by atoms with Gasteiger partial charge in [-0.3, -0.25) is 4.79 Å². The van der Waals surface area contributed by atoms with Crippen molar-refractivity contribution in [3.05, 3.63) is 0 Å². The van der Waals surface area contributed by atoms with Crippen LogP contribution in [0.4, 0.5) is 0 Å². The first-order valence-electron chi connectivity index (χ1n) is 3.32. The first-order valence-corrected chi connectivity index (χ1v) is 3.32. The van der Waals surface area contributed by atoms with Crippen LogP contribution in [0.25, 0.3) is 0 Å². The average molecular weight is 160 g/mol. The monoisotopic (exact) mass is 160 g/mol. The van der Waals surface area contributed by atoms with Gasteiger partial charge < -0.3 is 16.2 Å². The Morgan fingerprint density at radius 1 is 1.64 bits per heavy atom. The van der Waals surface area contributed by atoms with Crippen LogP contribution in [0.1, 0.15) is 12.8 Å². The van der Waals surface area contributed by atoms with Crippen molar-refractivity contribution < 1.29 is 14.3 Å². The quantitative estimate of drug-likeness (QED) is 0.298. The summed E-state index contributed by atoms with van der Waals surface area (Å²) in [6, 6.07) is -0.733. The van der Waals surface area contributed by atoms with Gasteiger partial charge in [0.1, 0.15) is 6.04 Å². The van der Waals surface area contributed by atoms with Crippen molar-refractivity contribution in [2.24, 2.45) is 11.5 Å². The molecule has 0 spiro atoms. The minimum atomic E-state index is -0.733. The van der Waals surface area contributed by atoms with Crippen molar-refractivity contribution >= 4 is 12.4 Å². The smallest absolute Gasteiger partial charge is 0.330 e. The Labute approximate surface area is 64.7 Å². The molecule has 64 valence electrons. The van der Waals surface area contributed by atoms with Gasteiger partial charge in [0.25, 0.3) is 0 Å². The maximum Gasteiger partial charge on any atom is 0.330 e. The van der Waals surface area contributed by atoms with Crippen LogP contribution in [0.3, 0.4) is 0 Å². The number of hydrogen-bond donors (Lipinski definition) is 2. The van der Waals surface area contributed by atoms with Crippen molar-refractivity contribution in [3.63, 3.8) is 0 Å². The Morgan fingerprint density at radius 3 is 2.73 bits per heavy atom. The molecule has 5 heteroatoms. The first kappa shape index (κ1) is 10.1. The van der Waals surface area contributed by atoms with E-state index < -0.39 is 12.0 Å². The lowest BCUT2D eigenvalue weighted by molar-refractivity contribution is -0.152. The average Bonchev–Trinajstić information content (AvgIpc) is 2.00. The molecule has 0 aromatic rings. The molecule has 0 radical (unpaired) electrons. The van der Waals surface area contributed by atoms with Crippen LogP contribution < -0.4 is 11.5 Å². The van der Waals surface area contributed by atoms with Gasteiger partial charge in [-0.05, 0) is 19.4 Å². The van der Waals surface area contributed by atoms with E-state index >= 15 is 0 Å². The van der Waals surface area contributed by atoms with E-state index in [-0.39, 0.29) is 6.47 Å². The molecule has 0 unspecified atom stereocenters. The zero-order valence-corrected chi connectivity index (χ0v) is 6.16. The van der Waals surface area contributed by atoms with E-state index in [0.717, 1.165) is 0 Å². The molecule has 4 N–H and O–H groups in total. The molecule has 0 aromatic heterocycles. The van der Waals surface area contributed by atoms with Crippen LogP contribution in [-0.2, 0) is 14.3 Å². The van der Waals surface area contributed by atoms with Crippen molar-refractivity contribution in [2.45, 2.75) is 18.9 Å². The fraction of sp³-hybridized carbons (Fsp3) is 0.667. The molecule has 0 saturated carbocycles. The molecular formula is C6H12N2O3. The van der Waals surface area contributed by atoms with Gasteiger partial charge in [-0.15, -0.1) is 0 Å². The van der Waals surface area contributed by atoms with E-state index in [4.69, 9.17) is 11.5 Å². The fourth-order valence-corrected chi connectivity index (χ4v) is 0.590. The SMILES string of the molecule is NCCC[C@H](N)C(=O)OC=O. The Bertz CT molecular complexity index is 138. The molecule has 0 aliphatic heterocycles. The highest BCUT2D eigenvalue weighted by Gasteiger charge is 2.13. The van der Waals surface area contributed by atoms with Crippen molar-refractivity contribution in [1.29, 1.82) is 0 Å². The van der Waals surface area contributed by atoms with Crippen LogP contribution in [0, 0.1) is 0 Å². The fourth-order valence-electron chi connectivity index (χ4n) is 0.590. The third-order valence-electron chi connectivity index (χ3n) is 1.19. The molecule has 0 aromatic carbocycles. The number of hydrogen-bond acceptors (Lipinski definition) is 5. The minimum absolute atomic E-state index is 0.0740. The molecule has 0 fully saturated rings. The van der Waals surface area contributed by atoms with E-state index in [0.29, 0.717) is 19.4 Å². The Kier molecular flexibility index (Phi) is 5.32. The number of esters is 1. The van der Waals surface area contributed by atoms with Gasteiger partial charge in [0.15, 0.2) is 0 Å². The van der Waals surface area contributed by atoms with Crippen LogP contribution >= 0.6 is 0 Å². The Morgan fingerprint density at radius 2 is 2.27 bits per heavy atom. The lowest BCUT2D eigenvalue weighted by Crippen LogP contribution is -2.32. The topological polar surface area (TPSA) is 95.4 Å². The number of rotatable bonds is 5. The first-order chi connectivity index (χ1) is 5.22. The molecular weight excluding hydrogens is 148 g/mol. The zero-order valence-electron chi connectivity index (χ0n) is 6.16. The third kappa shape index (κ3) is 4.46. The molecule has 0 aliphatic carbocycles. The molecule has 0 saturated heterocycles. The van der Waals surface area contributed by atoms with Crippen LogP contribution in [0.5, 0.6) is 0 Å². The van der Waals surface area contributed by atoms with Crippen LogP contribution in [0.15, 0.2) is 0 Å². The predicted molar refractivity (Wildman–Crippen MR) is 38.4 cm³/mol. The minimum Gasteiger partial charge on any atom is -0.394 e. The van der Waals surface area contributed by atoms with Gasteiger partial charge in [-0.1, -0.05) is 0 Å². The second-order valence-corrected chi connectivity index (χ2v) is 2.07. The Hall–Kier alpha value is -0.940. The van der Waals surface area contributed by atoms with Crippen LogP contribution in [0.2, 0.25) is 0 Å². The van der Waals surface area contributed by atoms with Crippen molar-refractivity contribution in [2.75, 3.05) is 6.54 Å². The maximum atomic E-state index is 10.6. The summed E-state index contributed by atoms with van der Waals surface area (Å²) in [7, 11) is 0. The predicted octanol–water partition coefficient (Wildman–Crippen LogP) is -1.25. The highest BCUT2D eigenvalue weighted by Crippen LogP contribution is 1.94. The molecule has 0 bridgehead atoms. The highest BCUT2D eigenvalue weighted by atomic mass is 16.6. The molecule has 0 amide bonds. The largest absolute Gasteiger partial charge is 0.394 e. The standard InChI is InChI=1S/C6H12N2O3/c7-3-1-2-5(8)6(10)11-4-9/h4-5H,1-3,7-8H2/t5-/m0/s1. The second kappa shape index (κ2) is 5.82. The molecule has 0 heterocycles. The summed E-state index contributed by atoms with van der Waals surface area (Å²) in [4.78, 5) is 20.3. The summed E-state index contributed by atoms with van der Waals surface area (Å²) in [6.07, 6.45) is 1.10. The molecule has 1 atom stereocenters. The number of carbonyl (C=O) groups is 2. The maximum absolute atomic E-state index is 10.6. The van der Waals surface area contributed by atoms with Gasteiger partial charge in [-0.2, -0.15) is 0 Å². The summed E-state index contributed by atoms with van der Waals surface area (Å²) in [5.74, 6) is -0.701. The highest BCUT2D eigenvalue weighted by molar-refractivity contribution is 5.81. The van der Waals surface area contributed by atoms with Gasteiger partial charge in [0, 0.05) is 0 Å². The van der Waals surface area contributed by atoms with Gasteiger partial charge in [0.2, 0.25) is 0 Å². The number of nitrogens with two attached hydrogens (primary N) is 2. The van der Waals surface area contributed by atoms with E-state index in [1.54, 1.807) is 0 Å². The molecule has 0 aliphatic rings. The van der Waals surface area contributed by atoms with Gasteiger partial charge >= 0.3 is 12.4 Å². The van der Waals surface area contributed by atoms with Crippen molar-refractivity contribution in [3.8, 4) is 0 Å². The lowest BCUT2D eigenvalue weighted by Gasteiger charge is -2.05. The van der Waals surface area contributed by atoms with Crippen molar-refractivity contribution in [1.82, 2.24) is 0 Å². The van der Waals surface area contributed by atoms with Gasteiger partial charge in [0.05, 0.1) is 0 Å².